The van der Waals surface area contributed by atoms with Crippen LogP contribution in [0, 0.1) is 0 Å². The van der Waals surface area contributed by atoms with Gasteiger partial charge in [-0.05, 0) is 0 Å². The maximum Gasteiger partial charge on any atom is 0.407 e. The Kier molecular flexibility index (Phi) is 2.90. The van der Waals surface area contributed by atoms with Gasteiger partial charge in [0.25, 0.3) is 5.91 Å². The molecule has 0 spiro atoms. The van der Waals surface area contributed by atoms with Gasteiger partial charge in [0.05, 0.1) is 0 Å². The molecular formula is C7H12FN3O3. The quantitative estimate of drug-likeness (QED) is 0.304. The summed E-state index contributed by atoms with van der Waals surface area (Å²) < 4.78 is 13.7. The van der Waals surface area contributed by atoms with Crippen LogP contribution in [0.4, 0.5) is 9.18 Å². The van der Waals surface area contributed by atoms with Gasteiger partial charge in [-0.15, -0.1) is 0 Å². The van der Waals surface area contributed by atoms with Crippen molar-refractivity contribution in [3.63, 3.8) is 0 Å². The summed E-state index contributed by atoms with van der Waals surface area (Å²) in [4.78, 5) is 22.5. The minimum Gasteiger partial charge on any atom is -0.465 e. The van der Waals surface area contributed by atoms with E-state index in [2.05, 4.69) is 0 Å². The molecule has 1 saturated heterocycles. The summed E-state index contributed by atoms with van der Waals surface area (Å²) in [5.41, 5.74) is -0.288. The Bertz CT molecular complexity index is 251. The van der Waals surface area contributed by atoms with Crippen molar-refractivity contribution in [3.8, 4) is 0 Å². The van der Waals surface area contributed by atoms with Crippen LogP contribution in [0.25, 0.3) is 0 Å². The average Bonchev–Trinajstić information content (AvgIpc) is 2.17. The smallest absolute Gasteiger partial charge is 0.407 e. The lowest BCUT2D eigenvalue weighted by molar-refractivity contribution is -0.135. The molecule has 0 unspecified atom stereocenters. The topological polar surface area (TPSA) is 95.7 Å². The Morgan fingerprint density at radius 1 is 1.43 bits per heavy atom. The molecule has 0 saturated carbocycles. The molecule has 0 aromatic heterocycles. The highest BCUT2D eigenvalue weighted by molar-refractivity contribution is 5.84. The number of rotatable bonds is 1. The number of nitrogens with one attached hydrogen (secondary N) is 1. The van der Waals surface area contributed by atoms with E-state index in [9.17, 15) is 14.0 Å². The summed E-state index contributed by atoms with van der Waals surface area (Å²) in [5, 5.41) is 8.58. The van der Waals surface area contributed by atoms with Crippen molar-refractivity contribution in [3.05, 3.63) is 0 Å². The largest absolute Gasteiger partial charge is 0.465 e. The normalized spacial score (nSPS) is 20.3. The number of hydrogen-bond donors (Lipinski definition) is 3. The van der Waals surface area contributed by atoms with Crippen molar-refractivity contribution in [2.75, 3.05) is 13.1 Å². The zero-order chi connectivity index (χ0) is 10.8. The molecule has 14 heavy (non-hydrogen) atoms. The fourth-order valence-electron chi connectivity index (χ4n) is 1.41. The Morgan fingerprint density at radius 3 is 2.29 bits per heavy atom. The first-order chi connectivity index (χ1) is 6.49. The van der Waals surface area contributed by atoms with E-state index in [0.717, 1.165) is 4.90 Å². The van der Waals surface area contributed by atoms with Crippen LogP contribution in [0.15, 0.2) is 0 Å². The van der Waals surface area contributed by atoms with E-state index in [1.807, 2.05) is 0 Å². The second-order valence-electron chi connectivity index (χ2n) is 3.21. The zero-order valence-electron chi connectivity index (χ0n) is 7.49. The van der Waals surface area contributed by atoms with E-state index >= 15 is 0 Å². The lowest BCUT2D eigenvalue weighted by atomic mass is 9.93. The van der Waals surface area contributed by atoms with Crippen molar-refractivity contribution in [1.29, 1.82) is 0 Å². The van der Waals surface area contributed by atoms with Gasteiger partial charge in [0, 0.05) is 25.9 Å². The second kappa shape index (κ2) is 3.79. The molecule has 1 heterocycles. The molecule has 2 amide bonds. The fraction of sp³-hybridized carbons (Fsp3) is 0.714. The van der Waals surface area contributed by atoms with Gasteiger partial charge in [-0.3, -0.25) is 10.2 Å². The van der Waals surface area contributed by atoms with Crippen molar-refractivity contribution < 1.29 is 19.1 Å². The highest BCUT2D eigenvalue weighted by Gasteiger charge is 2.42. The number of alkyl halides is 1. The molecule has 80 valence electrons. The van der Waals surface area contributed by atoms with Crippen LogP contribution in [0.3, 0.4) is 0 Å². The summed E-state index contributed by atoms with van der Waals surface area (Å²) in [6.07, 6.45) is -1.40. The van der Waals surface area contributed by atoms with Gasteiger partial charge in [0.1, 0.15) is 0 Å². The number of likely N-dealkylation sites (tertiary alicyclic amines) is 1. The third-order valence-electron chi connectivity index (χ3n) is 2.36. The van der Waals surface area contributed by atoms with E-state index in [1.165, 1.54) is 0 Å². The molecular weight excluding hydrogens is 193 g/mol. The van der Waals surface area contributed by atoms with Crippen LogP contribution >= 0.6 is 0 Å². The molecule has 0 atom stereocenters. The highest BCUT2D eigenvalue weighted by atomic mass is 19.1. The first-order valence-electron chi connectivity index (χ1n) is 4.17. The van der Waals surface area contributed by atoms with Crippen LogP contribution in [-0.2, 0) is 4.79 Å². The molecule has 1 aliphatic rings. The van der Waals surface area contributed by atoms with E-state index in [0.29, 0.717) is 0 Å². The Labute approximate surface area is 79.8 Å². The molecule has 7 heteroatoms. The summed E-state index contributed by atoms with van der Waals surface area (Å²) >= 11 is 0. The van der Waals surface area contributed by atoms with E-state index in [1.54, 1.807) is 5.43 Å². The summed E-state index contributed by atoms with van der Waals surface area (Å²) in [7, 11) is 0. The van der Waals surface area contributed by atoms with Gasteiger partial charge in [-0.1, -0.05) is 0 Å². The number of hydrogen-bond acceptors (Lipinski definition) is 3. The highest BCUT2D eigenvalue weighted by Crippen LogP contribution is 2.26. The Balaban J connectivity index is 2.57. The molecule has 6 nitrogen and oxygen atoms in total. The number of hydrazine groups is 1. The molecule has 0 aliphatic carbocycles. The van der Waals surface area contributed by atoms with E-state index in [-0.39, 0.29) is 25.9 Å². The minimum atomic E-state index is -2.03. The molecule has 0 aromatic rings. The van der Waals surface area contributed by atoms with Crippen molar-refractivity contribution in [1.82, 2.24) is 10.3 Å². The van der Waals surface area contributed by atoms with Crippen LogP contribution < -0.4 is 11.3 Å². The van der Waals surface area contributed by atoms with Crippen molar-refractivity contribution in [2.45, 2.75) is 18.5 Å². The van der Waals surface area contributed by atoms with E-state index < -0.39 is 17.7 Å². The Hall–Kier alpha value is -1.37. The van der Waals surface area contributed by atoms with Gasteiger partial charge in [-0.25, -0.2) is 15.0 Å². The number of amides is 2. The number of carbonyl (C=O) groups is 2. The summed E-state index contributed by atoms with van der Waals surface area (Å²) in [5.74, 6) is 3.93. The van der Waals surface area contributed by atoms with Gasteiger partial charge in [-0.2, -0.15) is 0 Å². The minimum absolute atomic E-state index is 0.0131. The maximum atomic E-state index is 13.7. The van der Waals surface area contributed by atoms with E-state index in [4.69, 9.17) is 10.9 Å². The molecule has 0 bridgehead atoms. The summed E-state index contributed by atoms with van der Waals surface area (Å²) in [6.45, 7) is 0.0263. The van der Waals surface area contributed by atoms with Gasteiger partial charge in [0.2, 0.25) is 0 Å². The van der Waals surface area contributed by atoms with Gasteiger partial charge >= 0.3 is 6.09 Å². The number of carbonyl (C=O) groups excluding carboxylic acids is 1. The standard InChI is InChI=1S/C7H12FN3O3/c8-7(5(12)10-9)1-3-11(4-2-7)6(13)14/h1-4,9H2,(H,10,12)(H,13,14). The molecule has 1 aliphatic heterocycles. The average molecular weight is 205 g/mol. The molecule has 1 fully saturated rings. The summed E-state index contributed by atoms with van der Waals surface area (Å²) in [6, 6.07) is 0. The number of piperidine rings is 1. The third-order valence-corrected chi connectivity index (χ3v) is 2.36. The zero-order valence-corrected chi connectivity index (χ0v) is 7.49. The number of carboxylic acid groups (broad SMARTS) is 1. The monoisotopic (exact) mass is 205 g/mol. The fourth-order valence-corrected chi connectivity index (χ4v) is 1.41. The van der Waals surface area contributed by atoms with Crippen LogP contribution in [0.5, 0.6) is 0 Å². The van der Waals surface area contributed by atoms with Crippen LogP contribution in [0.2, 0.25) is 0 Å². The Morgan fingerprint density at radius 2 is 1.93 bits per heavy atom. The molecule has 0 radical (unpaired) electrons. The lowest BCUT2D eigenvalue weighted by Gasteiger charge is -2.33. The molecule has 4 N–H and O–H groups in total. The SMILES string of the molecule is NNC(=O)C1(F)CCN(C(=O)O)CC1. The van der Waals surface area contributed by atoms with Gasteiger partial charge in [0.15, 0.2) is 5.67 Å². The van der Waals surface area contributed by atoms with Gasteiger partial charge < -0.3 is 10.0 Å². The molecule has 1 rings (SSSR count). The molecule has 0 aromatic carbocycles. The predicted octanol–water partition coefficient (Wildman–Crippen LogP) is -0.542. The van der Waals surface area contributed by atoms with Crippen molar-refractivity contribution >= 4 is 12.0 Å². The van der Waals surface area contributed by atoms with Crippen molar-refractivity contribution in [2.24, 2.45) is 5.84 Å². The number of nitrogens with two attached hydrogens (primary N) is 1. The first-order valence-corrected chi connectivity index (χ1v) is 4.17. The van der Waals surface area contributed by atoms with Crippen LogP contribution in [-0.4, -0.2) is 40.8 Å². The maximum absolute atomic E-state index is 13.7. The predicted molar refractivity (Wildman–Crippen MR) is 45.0 cm³/mol. The lowest BCUT2D eigenvalue weighted by Crippen LogP contribution is -2.53. The van der Waals surface area contributed by atoms with Crippen LogP contribution in [0.1, 0.15) is 12.8 Å². The third kappa shape index (κ3) is 1.92. The number of nitrogens with zero attached hydrogens (tertiary/aromatic N) is 1. The first kappa shape index (κ1) is 10.7. The second-order valence-corrected chi connectivity index (χ2v) is 3.21. The number of halogens is 1.